The van der Waals surface area contributed by atoms with E-state index in [9.17, 15) is 9.18 Å². The number of hydrogen-bond acceptors (Lipinski definition) is 3. The average molecular weight is 305 g/mol. The van der Waals surface area contributed by atoms with Crippen LogP contribution in [0.5, 0.6) is 5.75 Å². The Kier molecular flexibility index (Phi) is 4.93. The van der Waals surface area contributed by atoms with Crippen molar-refractivity contribution in [3.63, 3.8) is 0 Å². The van der Waals surface area contributed by atoms with Crippen LogP contribution in [0.15, 0.2) is 22.7 Å². The van der Waals surface area contributed by atoms with Gasteiger partial charge in [-0.3, -0.25) is 0 Å². The summed E-state index contributed by atoms with van der Waals surface area (Å²) in [6, 6.07) is 4.06. The Labute approximate surface area is 108 Å². The maximum absolute atomic E-state index is 13.1. The minimum atomic E-state index is -0.752. The molecule has 17 heavy (non-hydrogen) atoms. The summed E-state index contributed by atoms with van der Waals surface area (Å²) in [6.45, 7) is 3.66. The molecule has 5 heteroatoms. The van der Waals surface area contributed by atoms with Crippen molar-refractivity contribution in [3.05, 3.63) is 28.5 Å². The highest BCUT2D eigenvalue weighted by molar-refractivity contribution is 9.10. The number of carbonyl (C=O) groups excluding carboxylic acids is 1. The van der Waals surface area contributed by atoms with Gasteiger partial charge in [-0.15, -0.1) is 0 Å². The van der Waals surface area contributed by atoms with Gasteiger partial charge in [-0.2, -0.15) is 0 Å². The molecule has 0 saturated carbocycles. The summed E-state index contributed by atoms with van der Waals surface area (Å²) in [7, 11) is 1.29. The predicted octanol–water partition coefficient (Wildman–Crippen LogP) is 3.16. The lowest BCUT2D eigenvalue weighted by atomic mass is 10.1. The van der Waals surface area contributed by atoms with Crippen molar-refractivity contribution >= 4 is 21.9 Å². The topological polar surface area (TPSA) is 35.5 Å². The molecule has 0 unspecified atom stereocenters. The molecule has 0 fully saturated rings. The van der Waals surface area contributed by atoms with Crippen LogP contribution in [0.3, 0.4) is 0 Å². The second-order valence-corrected chi connectivity index (χ2v) is 4.73. The van der Waals surface area contributed by atoms with E-state index in [1.807, 2.05) is 13.8 Å². The smallest absolute Gasteiger partial charge is 0.347 e. The van der Waals surface area contributed by atoms with E-state index in [2.05, 4.69) is 20.7 Å². The van der Waals surface area contributed by atoms with Crippen molar-refractivity contribution in [2.24, 2.45) is 5.92 Å². The molecule has 0 heterocycles. The predicted molar refractivity (Wildman–Crippen MR) is 65.4 cm³/mol. The van der Waals surface area contributed by atoms with Crippen LogP contribution in [0.2, 0.25) is 0 Å². The monoisotopic (exact) mass is 304 g/mol. The summed E-state index contributed by atoms with van der Waals surface area (Å²) in [6.07, 6.45) is -0.752. The van der Waals surface area contributed by atoms with E-state index < -0.39 is 17.9 Å². The lowest BCUT2D eigenvalue weighted by Crippen LogP contribution is -2.33. The molecule has 0 aliphatic rings. The Bertz CT molecular complexity index is 407. The highest BCUT2D eigenvalue weighted by Gasteiger charge is 2.25. The summed E-state index contributed by atoms with van der Waals surface area (Å²) < 4.78 is 23.8. The molecule has 1 rings (SSSR count). The van der Waals surface area contributed by atoms with Gasteiger partial charge in [-0.05, 0) is 28.1 Å². The van der Waals surface area contributed by atoms with Gasteiger partial charge in [-0.1, -0.05) is 13.8 Å². The van der Waals surface area contributed by atoms with Gasteiger partial charge in [0.1, 0.15) is 11.6 Å². The SMILES string of the molecule is COC(=O)[C@H](Oc1cc(F)ccc1Br)C(C)C. The summed E-state index contributed by atoms with van der Waals surface area (Å²) in [4.78, 5) is 11.5. The second-order valence-electron chi connectivity index (χ2n) is 3.88. The van der Waals surface area contributed by atoms with Crippen molar-refractivity contribution < 1.29 is 18.7 Å². The zero-order valence-corrected chi connectivity index (χ0v) is 11.5. The molecule has 0 bridgehead atoms. The Morgan fingerprint density at radius 2 is 2.06 bits per heavy atom. The minimum absolute atomic E-state index is 0.0717. The largest absolute Gasteiger partial charge is 0.477 e. The molecule has 0 aliphatic carbocycles. The molecule has 0 spiro atoms. The Hall–Kier alpha value is -1.10. The minimum Gasteiger partial charge on any atom is -0.477 e. The standard InChI is InChI=1S/C12H14BrFO3/c1-7(2)11(12(15)16-3)17-10-6-8(14)4-5-9(10)13/h4-7,11H,1-3H3/t11-/m1/s1. The third-order valence-electron chi connectivity index (χ3n) is 2.19. The van der Waals surface area contributed by atoms with Crippen LogP contribution in [0.25, 0.3) is 0 Å². The third kappa shape index (κ3) is 3.70. The Morgan fingerprint density at radius 1 is 1.41 bits per heavy atom. The maximum Gasteiger partial charge on any atom is 0.347 e. The summed E-state index contributed by atoms with van der Waals surface area (Å²) in [5.41, 5.74) is 0. The number of methoxy groups -OCH3 is 1. The van der Waals surface area contributed by atoms with Crippen LogP contribution in [0, 0.1) is 11.7 Å². The van der Waals surface area contributed by atoms with Gasteiger partial charge >= 0.3 is 5.97 Å². The Balaban J connectivity index is 2.93. The lowest BCUT2D eigenvalue weighted by Gasteiger charge is -2.20. The molecule has 0 radical (unpaired) electrons. The first kappa shape index (κ1) is 14.0. The van der Waals surface area contributed by atoms with E-state index in [0.29, 0.717) is 4.47 Å². The Morgan fingerprint density at radius 3 is 2.59 bits per heavy atom. The third-order valence-corrected chi connectivity index (χ3v) is 2.84. The van der Waals surface area contributed by atoms with Crippen molar-refractivity contribution in [2.75, 3.05) is 7.11 Å². The van der Waals surface area contributed by atoms with E-state index >= 15 is 0 Å². The van der Waals surface area contributed by atoms with Gasteiger partial charge in [0.05, 0.1) is 11.6 Å². The van der Waals surface area contributed by atoms with Gasteiger partial charge in [0.2, 0.25) is 0 Å². The van der Waals surface area contributed by atoms with Gasteiger partial charge in [-0.25, -0.2) is 9.18 Å². The van der Waals surface area contributed by atoms with Gasteiger partial charge in [0.15, 0.2) is 6.10 Å². The lowest BCUT2D eigenvalue weighted by molar-refractivity contribution is -0.150. The normalized spacial score (nSPS) is 12.4. The molecule has 0 aliphatic heterocycles. The van der Waals surface area contributed by atoms with E-state index in [1.165, 1.54) is 25.3 Å². The summed E-state index contributed by atoms with van der Waals surface area (Å²) in [5.74, 6) is -0.682. The van der Waals surface area contributed by atoms with Crippen LogP contribution < -0.4 is 4.74 Å². The van der Waals surface area contributed by atoms with E-state index in [-0.39, 0.29) is 11.7 Å². The van der Waals surface area contributed by atoms with E-state index in [1.54, 1.807) is 0 Å². The number of esters is 1. The number of ether oxygens (including phenoxy) is 2. The fourth-order valence-electron chi connectivity index (χ4n) is 1.28. The molecular formula is C12H14BrFO3. The number of carbonyl (C=O) groups is 1. The van der Waals surface area contributed by atoms with Crippen LogP contribution in [0.1, 0.15) is 13.8 Å². The van der Waals surface area contributed by atoms with E-state index in [0.717, 1.165) is 0 Å². The molecule has 1 atom stereocenters. The maximum atomic E-state index is 13.1. The number of halogens is 2. The zero-order valence-electron chi connectivity index (χ0n) is 9.87. The second kappa shape index (κ2) is 6.00. The number of benzene rings is 1. The van der Waals surface area contributed by atoms with Crippen LogP contribution in [-0.4, -0.2) is 19.2 Å². The van der Waals surface area contributed by atoms with Crippen molar-refractivity contribution in [2.45, 2.75) is 20.0 Å². The highest BCUT2D eigenvalue weighted by atomic mass is 79.9. The number of rotatable bonds is 4. The van der Waals surface area contributed by atoms with Crippen LogP contribution >= 0.6 is 15.9 Å². The van der Waals surface area contributed by atoms with Crippen molar-refractivity contribution in [3.8, 4) is 5.75 Å². The first-order valence-corrected chi connectivity index (χ1v) is 5.94. The quantitative estimate of drug-likeness (QED) is 0.802. The van der Waals surface area contributed by atoms with Crippen molar-refractivity contribution in [1.82, 2.24) is 0 Å². The molecule has 3 nitrogen and oxygen atoms in total. The molecule has 1 aromatic carbocycles. The van der Waals surface area contributed by atoms with Crippen molar-refractivity contribution in [1.29, 1.82) is 0 Å². The summed E-state index contributed by atoms with van der Waals surface area (Å²) >= 11 is 3.24. The molecule has 0 amide bonds. The number of hydrogen-bond donors (Lipinski definition) is 0. The van der Waals surface area contributed by atoms with Crippen LogP contribution in [-0.2, 0) is 9.53 Å². The molecular weight excluding hydrogens is 291 g/mol. The molecule has 0 N–H and O–H groups in total. The zero-order chi connectivity index (χ0) is 13.0. The first-order chi connectivity index (χ1) is 7.95. The summed E-state index contributed by atoms with van der Waals surface area (Å²) in [5, 5.41) is 0. The first-order valence-electron chi connectivity index (χ1n) is 5.15. The molecule has 1 aromatic rings. The molecule has 0 aromatic heterocycles. The van der Waals surface area contributed by atoms with Gasteiger partial charge < -0.3 is 9.47 Å². The van der Waals surface area contributed by atoms with E-state index in [4.69, 9.17) is 4.74 Å². The van der Waals surface area contributed by atoms with Gasteiger partial charge in [0.25, 0.3) is 0 Å². The highest BCUT2D eigenvalue weighted by Crippen LogP contribution is 2.27. The van der Waals surface area contributed by atoms with Crippen LogP contribution in [0.4, 0.5) is 4.39 Å². The fourth-order valence-corrected chi connectivity index (χ4v) is 1.62. The molecule has 0 saturated heterocycles. The average Bonchev–Trinajstić information content (AvgIpc) is 2.28. The fraction of sp³-hybridized carbons (Fsp3) is 0.417. The molecule has 94 valence electrons. The van der Waals surface area contributed by atoms with Gasteiger partial charge in [0, 0.05) is 12.0 Å².